The SMILES string of the molecule is O=C(CCN1C(=O)COc2ccccc21)N1CCC(F)(C(=O)O)C1. The van der Waals surface area contributed by atoms with Gasteiger partial charge in [0, 0.05) is 25.9 Å². The van der Waals surface area contributed by atoms with Crippen molar-refractivity contribution in [1.29, 1.82) is 0 Å². The number of hydrogen-bond acceptors (Lipinski definition) is 4. The Morgan fingerprint density at radius 2 is 2.08 bits per heavy atom. The van der Waals surface area contributed by atoms with E-state index < -0.39 is 18.2 Å². The number of nitrogens with zero attached hydrogens (tertiary/aromatic N) is 2. The van der Waals surface area contributed by atoms with Crippen LogP contribution in [-0.2, 0) is 14.4 Å². The fourth-order valence-corrected chi connectivity index (χ4v) is 2.92. The molecular weight excluding hydrogens is 319 g/mol. The van der Waals surface area contributed by atoms with Crippen LogP contribution in [0.15, 0.2) is 24.3 Å². The minimum Gasteiger partial charge on any atom is -0.482 e. The number of amides is 2. The Hall–Kier alpha value is -2.64. The number of benzene rings is 1. The molecule has 0 aromatic heterocycles. The number of likely N-dealkylation sites (tertiary alicyclic amines) is 1. The molecule has 1 N–H and O–H groups in total. The molecular formula is C16H17FN2O5. The largest absolute Gasteiger partial charge is 0.482 e. The zero-order chi connectivity index (χ0) is 17.3. The highest BCUT2D eigenvalue weighted by Crippen LogP contribution is 2.32. The third-order valence-electron chi connectivity index (χ3n) is 4.31. The van der Waals surface area contributed by atoms with E-state index in [1.54, 1.807) is 24.3 Å². The molecule has 1 aromatic carbocycles. The molecule has 2 heterocycles. The first kappa shape index (κ1) is 16.2. The van der Waals surface area contributed by atoms with E-state index in [4.69, 9.17) is 9.84 Å². The topological polar surface area (TPSA) is 87.2 Å². The molecule has 2 amide bonds. The number of halogens is 1. The monoisotopic (exact) mass is 336 g/mol. The first-order valence-corrected chi connectivity index (χ1v) is 7.63. The predicted octanol–water partition coefficient (Wildman–Crippen LogP) is 0.827. The van der Waals surface area contributed by atoms with Gasteiger partial charge in [0.15, 0.2) is 6.61 Å². The number of rotatable bonds is 4. The first-order valence-electron chi connectivity index (χ1n) is 7.63. The number of alkyl halides is 1. The number of carboxylic acid groups (broad SMARTS) is 1. The van der Waals surface area contributed by atoms with Crippen LogP contribution in [0.5, 0.6) is 5.75 Å². The van der Waals surface area contributed by atoms with E-state index in [1.807, 2.05) is 0 Å². The van der Waals surface area contributed by atoms with E-state index in [0.29, 0.717) is 11.4 Å². The zero-order valence-electron chi connectivity index (χ0n) is 12.9. The highest BCUT2D eigenvalue weighted by molar-refractivity contribution is 5.98. The van der Waals surface area contributed by atoms with Crippen LogP contribution in [0.4, 0.5) is 10.1 Å². The Morgan fingerprint density at radius 1 is 1.33 bits per heavy atom. The number of carbonyl (C=O) groups excluding carboxylic acids is 2. The quantitative estimate of drug-likeness (QED) is 0.880. The molecule has 7 nitrogen and oxygen atoms in total. The number of carboxylic acids is 1. The highest BCUT2D eigenvalue weighted by Gasteiger charge is 2.46. The molecule has 1 unspecified atom stereocenters. The maximum Gasteiger partial charge on any atom is 0.343 e. The third-order valence-corrected chi connectivity index (χ3v) is 4.31. The van der Waals surface area contributed by atoms with Gasteiger partial charge in [0.25, 0.3) is 5.91 Å². The normalized spacial score (nSPS) is 23.0. The van der Waals surface area contributed by atoms with Crippen LogP contribution in [0.3, 0.4) is 0 Å². The van der Waals surface area contributed by atoms with Crippen molar-refractivity contribution in [3.8, 4) is 5.75 Å². The maximum absolute atomic E-state index is 14.0. The van der Waals surface area contributed by atoms with Gasteiger partial charge in [0.05, 0.1) is 12.2 Å². The molecule has 1 aromatic rings. The number of fused-ring (bicyclic) bond motifs is 1. The van der Waals surface area contributed by atoms with Crippen molar-refractivity contribution in [2.45, 2.75) is 18.5 Å². The average molecular weight is 336 g/mol. The van der Waals surface area contributed by atoms with Crippen molar-refractivity contribution in [2.24, 2.45) is 0 Å². The molecule has 0 radical (unpaired) electrons. The number of ether oxygens (including phenoxy) is 1. The molecule has 1 saturated heterocycles. The van der Waals surface area contributed by atoms with E-state index in [9.17, 15) is 18.8 Å². The van der Waals surface area contributed by atoms with Gasteiger partial charge in [-0.25, -0.2) is 9.18 Å². The smallest absolute Gasteiger partial charge is 0.343 e. The molecule has 8 heteroatoms. The molecule has 2 aliphatic heterocycles. The Balaban J connectivity index is 1.63. The summed E-state index contributed by atoms with van der Waals surface area (Å²) in [5.41, 5.74) is -1.79. The summed E-state index contributed by atoms with van der Waals surface area (Å²) in [6, 6.07) is 7.01. The number of carbonyl (C=O) groups is 3. The molecule has 0 aliphatic carbocycles. The van der Waals surface area contributed by atoms with E-state index in [-0.39, 0.29) is 44.4 Å². The zero-order valence-corrected chi connectivity index (χ0v) is 12.9. The summed E-state index contributed by atoms with van der Waals surface area (Å²) < 4.78 is 19.4. The van der Waals surface area contributed by atoms with Crippen molar-refractivity contribution in [1.82, 2.24) is 4.90 Å². The van der Waals surface area contributed by atoms with Gasteiger partial charge in [0.2, 0.25) is 11.6 Å². The van der Waals surface area contributed by atoms with Crippen LogP contribution in [-0.4, -0.2) is 59.7 Å². The summed E-state index contributed by atoms with van der Waals surface area (Å²) >= 11 is 0. The fourth-order valence-electron chi connectivity index (χ4n) is 2.92. The maximum atomic E-state index is 14.0. The van der Waals surface area contributed by atoms with Gasteiger partial charge in [-0.1, -0.05) is 12.1 Å². The van der Waals surface area contributed by atoms with E-state index in [0.717, 1.165) is 0 Å². The Morgan fingerprint density at radius 3 is 2.79 bits per heavy atom. The Bertz CT molecular complexity index is 695. The van der Waals surface area contributed by atoms with E-state index in [1.165, 1.54) is 9.80 Å². The van der Waals surface area contributed by atoms with Crippen LogP contribution in [0, 0.1) is 0 Å². The molecule has 1 atom stereocenters. The molecule has 0 bridgehead atoms. The average Bonchev–Trinajstić information content (AvgIpc) is 2.98. The second-order valence-electron chi connectivity index (χ2n) is 5.89. The van der Waals surface area contributed by atoms with Gasteiger partial charge < -0.3 is 19.6 Å². The summed E-state index contributed by atoms with van der Waals surface area (Å²) in [7, 11) is 0. The summed E-state index contributed by atoms with van der Waals surface area (Å²) in [5, 5.41) is 8.87. The highest BCUT2D eigenvalue weighted by atomic mass is 19.1. The van der Waals surface area contributed by atoms with Gasteiger partial charge in [0.1, 0.15) is 5.75 Å². The summed E-state index contributed by atoms with van der Waals surface area (Å²) in [5.74, 6) is -1.60. The molecule has 1 fully saturated rings. The van der Waals surface area contributed by atoms with Gasteiger partial charge in [-0.3, -0.25) is 9.59 Å². The summed E-state index contributed by atoms with van der Waals surface area (Å²) in [6.07, 6.45) is -0.219. The van der Waals surface area contributed by atoms with Gasteiger partial charge in [-0.2, -0.15) is 0 Å². The molecule has 0 saturated carbocycles. The van der Waals surface area contributed by atoms with Crippen molar-refractivity contribution in [3.05, 3.63) is 24.3 Å². The minimum absolute atomic E-state index is 0.00419. The molecule has 0 spiro atoms. The standard InChI is InChI=1S/C16H17FN2O5/c17-16(15(22)23)6-8-18(10-16)13(20)5-7-19-11-3-1-2-4-12(11)24-9-14(19)21/h1-4H,5-10H2,(H,22,23). The van der Waals surface area contributed by atoms with Crippen molar-refractivity contribution >= 4 is 23.5 Å². The lowest BCUT2D eigenvalue weighted by atomic mass is 10.1. The van der Waals surface area contributed by atoms with Crippen LogP contribution >= 0.6 is 0 Å². The number of para-hydroxylation sites is 2. The van der Waals surface area contributed by atoms with Crippen molar-refractivity contribution in [2.75, 3.05) is 31.1 Å². The lowest BCUT2D eigenvalue weighted by Gasteiger charge is -2.29. The van der Waals surface area contributed by atoms with Gasteiger partial charge in [-0.15, -0.1) is 0 Å². The van der Waals surface area contributed by atoms with Crippen LogP contribution < -0.4 is 9.64 Å². The number of aliphatic carboxylic acids is 1. The Kier molecular flexibility index (Phi) is 4.13. The first-order chi connectivity index (χ1) is 11.4. The molecule has 3 rings (SSSR count). The van der Waals surface area contributed by atoms with E-state index >= 15 is 0 Å². The third kappa shape index (κ3) is 2.91. The van der Waals surface area contributed by atoms with Crippen LogP contribution in [0.1, 0.15) is 12.8 Å². The predicted molar refractivity (Wildman–Crippen MR) is 81.6 cm³/mol. The minimum atomic E-state index is -2.38. The summed E-state index contributed by atoms with van der Waals surface area (Å²) in [4.78, 5) is 37.8. The molecule has 2 aliphatic rings. The lowest BCUT2D eigenvalue weighted by molar-refractivity contribution is -0.150. The second kappa shape index (κ2) is 6.10. The van der Waals surface area contributed by atoms with Gasteiger partial charge >= 0.3 is 5.97 Å². The lowest BCUT2D eigenvalue weighted by Crippen LogP contribution is -2.42. The summed E-state index contributed by atoms with van der Waals surface area (Å²) in [6.45, 7) is -0.341. The number of anilines is 1. The van der Waals surface area contributed by atoms with Crippen molar-refractivity contribution < 1.29 is 28.6 Å². The molecule has 128 valence electrons. The Labute approximate surface area is 137 Å². The van der Waals surface area contributed by atoms with Crippen molar-refractivity contribution in [3.63, 3.8) is 0 Å². The number of hydrogen-bond donors (Lipinski definition) is 1. The fraction of sp³-hybridized carbons (Fsp3) is 0.438. The van der Waals surface area contributed by atoms with E-state index in [2.05, 4.69) is 0 Å². The van der Waals surface area contributed by atoms with Crippen LogP contribution in [0.2, 0.25) is 0 Å². The molecule has 24 heavy (non-hydrogen) atoms. The van der Waals surface area contributed by atoms with Gasteiger partial charge in [-0.05, 0) is 12.1 Å². The second-order valence-corrected chi connectivity index (χ2v) is 5.89. The van der Waals surface area contributed by atoms with Crippen LogP contribution in [0.25, 0.3) is 0 Å².